The molecule has 3 aromatic rings. The van der Waals surface area contributed by atoms with Gasteiger partial charge in [0.1, 0.15) is 12.4 Å². The van der Waals surface area contributed by atoms with Crippen LogP contribution in [-0.2, 0) is 4.74 Å². The van der Waals surface area contributed by atoms with Gasteiger partial charge in [0.2, 0.25) is 5.90 Å². The van der Waals surface area contributed by atoms with E-state index >= 15 is 0 Å². The van der Waals surface area contributed by atoms with E-state index in [9.17, 15) is 4.39 Å². The van der Waals surface area contributed by atoms with Crippen molar-refractivity contribution in [2.24, 2.45) is 4.99 Å². The Morgan fingerprint density at radius 1 is 0.909 bits per heavy atom. The Morgan fingerprint density at radius 3 is 2.50 bits per heavy atom. The van der Waals surface area contributed by atoms with Crippen molar-refractivity contribution in [3.8, 4) is 11.1 Å². The third-order valence-electron chi connectivity index (χ3n) is 3.88. The summed E-state index contributed by atoms with van der Waals surface area (Å²) in [4.78, 5) is 4.44. The van der Waals surface area contributed by atoms with E-state index in [1.807, 2.05) is 18.2 Å². The van der Waals surface area contributed by atoms with Gasteiger partial charge in [0.15, 0.2) is 0 Å². The Labute approximate surface area is 127 Å². The van der Waals surface area contributed by atoms with E-state index in [1.54, 1.807) is 12.1 Å². The second-order valence-electron chi connectivity index (χ2n) is 5.25. The summed E-state index contributed by atoms with van der Waals surface area (Å²) in [6.07, 6.45) is 0. The zero-order valence-corrected chi connectivity index (χ0v) is 11.9. The lowest BCUT2D eigenvalue weighted by Gasteiger charge is -2.13. The van der Waals surface area contributed by atoms with E-state index in [0.717, 1.165) is 27.5 Å². The lowest BCUT2D eigenvalue weighted by molar-refractivity contribution is 0.348. The summed E-state index contributed by atoms with van der Waals surface area (Å²) in [5.74, 6) is 0.435. The highest BCUT2D eigenvalue weighted by Crippen LogP contribution is 2.33. The monoisotopic (exact) mass is 291 g/mol. The van der Waals surface area contributed by atoms with Crippen molar-refractivity contribution < 1.29 is 9.13 Å². The van der Waals surface area contributed by atoms with Crippen LogP contribution in [0.2, 0.25) is 0 Å². The predicted octanol–water partition coefficient (Wildman–Crippen LogP) is 4.42. The Balaban J connectivity index is 2.03. The molecule has 0 radical (unpaired) electrons. The summed E-state index contributed by atoms with van der Waals surface area (Å²) >= 11 is 0. The number of halogens is 1. The molecule has 0 spiro atoms. The van der Waals surface area contributed by atoms with Crippen LogP contribution in [0.25, 0.3) is 21.9 Å². The molecule has 3 heteroatoms. The normalized spacial score (nSPS) is 14.0. The second kappa shape index (κ2) is 5.26. The zero-order chi connectivity index (χ0) is 14.9. The number of hydrogen-bond donors (Lipinski definition) is 0. The van der Waals surface area contributed by atoms with Gasteiger partial charge >= 0.3 is 0 Å². The highest BCUT2D eigenvalue weighted by atomic mass is 19.1. The second-order valence-corrected chi connectivity index (χ2v) is 5.25. The maximum atomic E-state index is 13.3. The summed E-state index contributed by atoms with van der Waals surface area (Å²) in [7, 11) is 0. The first kappa shape index (κ1) is 13.0. The van der Waals surface area contributed by atoms with Gasteiger partial charge in [0, 0.05) is 11.1 Å². The molecule has 22 heavy (non-hydrogen) atoms. The summed E-state index contributed by atoms with van der Waals surface area (Å²) in [5, 5.41) is 2.26. The Morgan fingerprint density at radius 2 is 1.73 bits per heavy atom. The number of rotatable bonds is 2. The number of benzene rings is 3. The van der Waals surface area contributed by atoms with Crippen LogP contribution in [-0.4, -0.2) is 19.0 Å². The molecule has 2 nitrogen and oxygen atoms in total. The van der Waals surface area contributed by atoms with E-state index in [4.69, 9.17) is 4.74 Å². The SMILES string of the molecule is Fc1ccc(-c2c(C3=NCCO3)ccc3ccccc23)cc1. The van der Waals surface area contributed by atoms with Gasteiger partial charge in [-0.3, -0.25) is 0 Å². The van der Waals surface area contributed by atoms with Crippen LogP contribution in [0, 0.1) is 5.82 Å². The van der Waals surface area contributed by atoms with Crippen LogP contribution in [0.1, 0.15) is 5.56 Å². The van der Waals surface area contributed by atoms with E-state index in [2.05, 4.69) is 23.2 Å². The molecule has 0 atom stereocenters. The largest absolute Gasteiger partial charge is 0.475 e. The standard InChI is InChI=1S/C19H14FNO/c20-15-8-5-14(6-9-15)18-16-4-2-1-3-13(16)7-10-17(18)19-21-11-12-22-19/h1-10H,11-12H2. The number of fused-ring (bicyclic) bond motifs is 1. The fourth-order valence-electron chi connectivity index (χ4n) is 2.88. The first-order valence-electron chi connectivity index (χ1n) is 7.28. The maximum Gasteiger partial charge on any atom is 0.216 e. The minimum atomic E-state index is -0.236. The van der Waals surface area contributed by atoms with Gasteiger partial charge in [0.05, 0.1) is 6.54 Å². The molecule has 3 aromatic carbocycles. The molecule has 0 unspecified atom stereocenters. The first-order valence-corrected chi connectivity index (χ1v) is 7.28. The number of aliphatic imine (C=N–C) groups is 1. The molecule has 1 heterocycles. The van der Waals surface area contributed by atoms with Crippen molar-refractivity contribution in [3.63, 3.8) is 0 Å². The Bertz CT molecular complexity index is 868. The maximum absolute atomic E-state index is 13.3. The Hall–Kier alpha value is -2.68. The van der Waals surface area contributed by atoms with Crippen LogP contribution < -0.4 is 0 Å². The fourth-order valence-corrected chi connectivity index (χ4v) is 2.88. The van der Waals surface area contributed by atoms with Crippen LogP contribution in [0.4, 0.5) is 4.39 Å². The summed E-state index contributed by atoms with van der Waals surface area (Å²) in [6.45, 7) is 1.30. The quantitative estimate of drug-likeness (QED) is 0.684. The summed E-state index contributed by atoms with van der Waals surface area (Å²) in [6, 6.07) is 18.8. The number of hydrogen-bond acceptors (Lipinski definition) is 2. The van der Waals surface area contributed by atoms with Gasteiger partial charge in [0.25, 0.3) is 0 Å². The van der Waals surface area contributed by atoms with E-state index in [0.29, 0.717) is 19.0 Å². The number of nitrogens with zero attached hydrogens (tertiary/aromatic N) is 1. The smallest absolute Gasteiger partial charge is 0.216 e. The average Bonchev–Trinajstić information content (AvgIpc) is 3.09. The molecule has 0 amide bonds. The molecule has 0 bridgehead atoms. The molecule has 0 aliphatic carbocycles. The summed E-state index contributed by atoms with van der Waals surface area (Å²) < 4.78 is 18.9. The van der Waals surface area contributed by atoms with Crippen molar-refractivity contribution in [1.29, 1.82) is 0 Å². The van der Waals surface area contributed by atoms with Gasteiger partial charge in [-0.25, -0.2) is 9.38 Å². The molecular weight excluding hydrogens is 277 g/mol. The van der Waals surface area contributed by atoms with Crippen LogP contribution >= 0.6 is 0 Å². The third-order valence-corrected chi connectivity index (χ3v) is 3.88. The van der Waals surface area contributed by atoms with Gasteiger partial charge in [-0.05, 0) is 34.5 Å². The molecule has 1 aliphatic rings. The van der Waals surface area contributed by atoms with E-state index in [1.165, 1.54) is 12.1 Å². The molecule has 0 saturated heterocycles. The summed E-state index contributed by atoms with van der Waals surface area (Å²) in [5.41, 5.74) is 2.97. The van der Waals surface area contributed by atoms with Crippen LogP contribution in [0.15, 0.2) is 65.7 Å². The van der Waals surface area contributed by atoms with Gasteiger partial charge in [-0.15, -0.1) is 0 Å². The molecular formula is C19H14FNO. The molecule has 0 aromatic heterocycles. The predicted molar refractivity (Wildman–Crippen MR) is 86.7 cm³/mol. The highest BCUT2D eigenvalue weighted by Gasteiger charge is 2.18. The molecule has 108 valence electrons. The van der Waals surface area contributed by atoms with Crippen LogP contribution in [0.3, 0.4) is 0 Å². The van der Waals surface area contributed by atoms with Crippen molar-refractivity contribution in [2.75, 3.05) is 13.2 Å². The van der Waals surface area contributed by atoms with E-state index < -0.39 is 0 Å². The average molecular weight is 291 g/mol. The van der Waals surface area contributed by atoms with Gasteiger partial charge in [-0.1, -0.05) is 42.5 Å². The number of ether oxygens (including phenoxy) is 1. The minimum absolute atomic E-state index is 0.236. The Kier molecular flexibility index (Phi) is 3.11. The van der Waals surface area contributed by atoms with Gasteiger partial charge < -0.3 is 4.74 Å². The molecule has 0 N–H and O–H groups in total. The molecule has 0 fully saturated rings. The minimum Gasteiger partial charge on any atom is -0.475 e. The van der Waals surface area contributed by atoms with Crippen molar-refractivity contribution >= 4 is 16.7 Å². The lowest BCUT2D eigenvalue weighted by Crippen LogP contribution is -2.04. The van der Waals surface area contributed by atoms with Crippen molar-refractivity contribution in [3.05, 3.63) is 72.0 Å². The van der Waals surface area contributed by atoms with E-state index in [-0.39, 0.29) is 5.82 Å². The van der Waals surface area contributed by atoms with Gasteiger partial charge in [-0.2, -0.15) is 0 Å². The molecule has 1 aliphatic heterocycles. The highest BCUT2D eigenvalue weighted by molar-refractivity contribution is 6.10. The fraction of sp³-hybridized carbons (Fsp3) is 0.105. The lowest BCUT2D eigenvalue weighted by atomic mass is 9.93. The van der Waals surface area contributed by atoms with Crippen LogP contribution in [0.5, 0.6) is 0 Å². The first-order chi connectivity index (χ1) is 10.8. The van der Waals surface area contributed by atoms with Crippen molar-refractivity contribution in [1.82, 2.24) is 0 Å². The third kappa shape index (κ3) is 2.15. The zero-order valence-electron chi connectivity index (χ0n) is 11.9. The van der Waals surface area contributed by atoms with Crippen molar-refractivity contribution in [2.45, 2.75) is 0 Å². The topological polar surface area (TPSA) is 21.6 Å². The molecule has 4 rings (SSSR count). The molecule has 0 saturated carbocycles.